The van der Waals surface area contributed by atoms with Crippen LogP contribution in [0.25, 0.3) is 11.2 Å². The molecule has 2 aromatic heterocycles. The van der Waals surface area contributed by atoms with Gasteiger partial charge in [0.05, 0.1) is 25.6 Å². The summed E-state index contributed by atoms with van der Waals surface area (Å²) in [5.74, 6) is -0.285. The van der Waals surface area contributed by atoms with Crippen LogP contribution in [0.15, 0.2) is 12.7 Å². The molecule has 0 amide bonds. The Labute approximate surface area is 169 Å². The van der Waals surface area contributed by atoms with Gasteiger partial charge in [0.15, 0.2) is 11.5 Å². The number of carbonyl (C=O) groups excluding carboxylic acids is 1. The fourth-order valence-corrected chi connectivity index (χ4v) is 3.87. The number of nitrogens with two attached hydrogens (primary N) is 1. The van der Waals surface area contributed by atoms with E-state index in [2.05, 4.69) is 20.0 Å². The molecule has 11 nitrogen and oxygen atoms in total. The summed E-state index contributed by atoms with van der Waals surface area (Å²) in [6.07, 6.45) is 4.78. The molecule has 0 aromatic carbocycles. The lowest BCUT2D eigenvalue weighted by Gasteiger charge is -2.20. The first kappa shape index (κ1) is 23.2. The van der Waals surface area contributed by atoms with Gasteiger partial charge in [-0.3, -0.25) is 9.36 Å². The van der Waals surface area contributed by atoms with Crippen molar-refractivity contribution >= 4 is 30.5 Å². The molecule has 0 radical (unpaired) electrons. The highest BCUT2D eigenvalue weighted by Crippen LogP contribution is 2.36. The molecular weight excluding hydrogens is 399 g/mol. The number of aromatic nitrogens is 4. The lowest BCUT2D eigenvalue weighted by atomic mass is 10.3. The van der Waals surface area contributed by atoms with Crippen molar-refractivity contribution in [1.29, 1.82) is 0 Å². The van der Waals surface area contributed by atoms with E-state index in [0.29, 0.717) is 24.3 Å². The number of nitrogen functional groups attached to an aromatic ring is 1. The van der Waals surface area contributed by atoms with E-state index < -0.39 is 32.0 Å². The molecule has 2 rings (SSSR count). The van der Waals surface area contributed by atoms with Crippen LogP contribution >= 0.6 is 7.52 Å². The van der Waals surface area contributed by atoms with E-state index in [-0.39, 0.29) is 5.82 Å². The number of anilines is 1. The SMILES string of the molecule is CCCCCOC(=O)[C@H](C)NP(=O)(O)CO[C@H](C)Cn1cnc2c(N)ncnc21. The predicted molar refractivity (Wildman–Crippen MR) is 108 cm³/mol. The van der Waals surface area contributed by atoms with Crippen LogP contribution in [0.5, 0.6) is 0 Å². The highest BCUT2D eigenvalue weighted by Gasteiger charge is 2.27. The van der Waals surface area contributed by atoms with E-state index in [1.54, 1.807) is 17.8 Å². The summed E-state index contributed by atoms with van der Waals surface area (Å²) in [4.78, 5) is 34.2. The number of rotatable bonds is 12. The maximum Gasteiger partial charge on any atom is 0.323 e. The molecule has 0 spiro atoms. The minimum atomic E-state index is -3.89. The first-order valence-corrected chi connectivity index (χ1v) is 11.4. The van der Waals surface area contributed by atoms with E-state index in [9.17, 15) is 14.3 Å². The van der Waals surface area contributed by atoms with Crippen molar-refractivity contribution in [2.45, 2.75) is 58.7 Å². The van der Waals surface area contributed by atoms with E-state index >= 15 is 0 Å². The molecule has 0 aliphatic carbocycles. The van der Waals surface area contributed by atoms with Gasteiger partial charge in [-0.05, 0) is 20.3 Å². The van der Waals surface area contributed by atoms with Gasteiger partial charge in [-0.2, -0.15) is 0 Å². The Balaban J connectivity index is 1.81. The number of carbonyl (C=O) groups is 1. The standard InChI is InChI=1S/C17H29N6O5P/c1-4-5-6-7-27-17(24)13(3)22-29(25,26)11-28-12(2)8-23-10-21-14-15(18)19-9-20-16(14)23/h9-10,12-13H,4-8,11H2,1-3H3,(H2,18,19,20)(H2,22,25,26)/t12-,13+/m1/s1. The van der Waals surface area contributed by atoms with Crippen molar-refractivity contribution in [3.8, 4) is 0 Å². The Hall–Kier alpha value is -2.07. The lowest BCUT2D eigenvalue weighted by Crippen LogP contribution is -2.34. The van der Waals surface area contributed by atoms with Crippen LogP contribution < -0.4 is 10.8 Å². The van der Waals surface area contributed by atoms with Crippen LogP contribution in [0.2, 0.25) is 0 Å². The fourth-order valence-electron chi connectivity index (χ4n) is 2.63. The number of unbranched alkanes of at least 4 members (excludes halogenated alkanes) is 2. The highest BCUT2D eigenvalue weighted by molar-refractivity contribution is 7.55. The first-order valence-electron chi connectivity index (χ1n) is 9.52. The average Bonchev–Trinajstić information content (AvgIpc) is 3.07. The van der Waals surface area contributed by atoms with Crippen molar-refractivity contribution in [2.75, 3.05) is 18.7 Å². The quantitative estimate of drug-likeness (QED) is 0.258. The topological polar surface area (TPSA) is 154 Å². The van der Waals surface area contributed by atoms with Gasteiger partial charge in [0.2, 0.25) is 0 Å². The number of nitrogens with zero attached hydrogens (tertiary/aromatic N) is 4. The van der Waals surface area contributed by atoms with Gasteiger partial charge in [0, 0.05) is 0 Å². The molecule has 0 aliphatic heterocycles. The second kappa shape index (κ2) is 10.6. The molecule has 0 bridgehead atoms. The molecule has 162 valence electrons. The summed E-state index contributed by atoms with van der Waals surface area (Å²) in [5, 5.41) is 2.40. The van der Waals surface area contributed by atoms with Gasteiger partial charge in [-0.1, -0.05) is 19.8 Å². The molecule has 12 heteroatoms. The molecule has 1 unspecified atom stereocenters. The fraction of sp³-hybridized carbons (Fsp3) is 0.647. The number of ether oxygens (including phenoxy) is 2. The average molecular weight is 428 g/mol. The largest absolute Gasteiger partial charge is 0.465 e. The Bertz CT molecular complexity index is 860. The number of hydrogen-bond donors (Lipinski definition) is 3. The van der Waals surface area contributed by atoms with Gasteiger partial charge in [-0.25, -0.2) is 20.0 Å². The van der Waals surface area contributed by atoms with Crippen LogP contribution in [0, 0.1) is 0 Å². The maximum atomic E-state index is 12.3. The van der Waals surface area contributed by atoms with Crippen LogP contribution in [-0.2, 0) is 25.4 Å². The van der Waals surface area contributed by atoms with Crippen LogP contribution in [0.3, 0.4) is 0 Å². The van der Waals surface area contributed by atoms with Crippen molar-refractivity contribution in [1.82, 2.24) is 24.6 Å². The third-order valence-corrected chi connectivity index (χ3v) is 5.45. The van der Waals surface area contributed by atoms with Gasteiger partial charge >= 0.3 is 5.97 Å². The van der Waals surface area contributed by atoms with Crippen LogP contribution in [-0.4, -0.2) is 55.5 Å². The van der Waals surface area contributed by atoms with Crippen molar-refractivity contribution in [3.05, 3.63) is 12.7 Å². The van der Waals surface area contributed by atoms with Crippen LogP contribution in [0.1, 0.15) is 40.0 Å². The Morgan fingerprint density at radius 3 is 2.83 bits per heavy atom. The lowest BCUT2D eigenvalue weighted by molar-refractivity contribution is -0.145. The zero-order chi connectivity index (χ0) is 21.4. The third kappa shape index (κ3) is 7.04. The van der Waals surface area contributed by atoms with Crippen molar-refractivity contribution in [3.63, 3.8) is 0 Å². The number of fused-ring (bicyclic) bond motifs is 1. The maximum absolute atomic E-state index is 12.3. The summed E-state index contributed by atoms with van der Waals surface area (Å²) < 4.78 is 24.6. The summed E-state index contributed by atoms with van der Waals surface area (Å²) >= 11 is 0. The zero-order valence-electron chi connectivity index (χ0n) is 16.9. The molecule has 29 heavy (non-hydrogen) atoms. The molecular formula is C17H29N6O5P. The normalized spacial score (nSPS) is 15.7. The first-order chi connectivity index (χ1) is 13.7. The van der Waals surface area contributed by atoms with Crippen molar-refractivity contribution in [2.24, 2.45) is 0 Å². The highest BCUT2D eigenvalue weighted by atomic mass is 31.2. The molecule has 2 heterocycles. The van der Waals surface area contributed by atoms with E-state index in [1.165, 1.54) is 13.3 Å². The molecule has 3 atom stereocenters. The summed E-state index contributed by atoms with van der Waals surface area (Å²) in [5.41, 5.74) is 6.80. The monoisotopic (exact) mass is 428 g/mol. The minimum absolute atomic E-state index is 0.280. The molecule has 2 aromatic rings. The smallest absolute Gasteiger partial charge is 0.323 e. The molecule has 0 aliphatic rings. The summed E-state index contributed by atoms with van der Waals surface area (Å²) in [6.45, 7) is 5.93. The van der Waals surface area contributed by atoms with E-state index in [4.69, 9.17) is 15.2 Å². The molecule has 0 saturated heterocycles. The minimum Gasteiger partial charge on any atom is -0.465 e. The zero-order valence-corrected chi connectivity index (χ0v) is 17.8. The second-order valence-corrected chi connectivity index (χ2v) is 8.78. The third-order valence-electron chi connectivity index (χ3n) is 4.16. The molecule has 4 N–H and O–H groups in total. The Kier molecular flexibility index (Phi) is 8.51. The molecule has 0 fully saturated rings. The van der Waals surface area contributed by atoms with Gasteiger partial charge < -0.3 is 24.7 Å². The Morgan fingerprint density at radius 2 is 2.10 bits per heavy atom. The summed E-state index contributed by atoms with van der Waals surface area (Å²) in [6, 6.07) is -0.913. The van der Waals surface area contributed by atoms with E-state index in [1.807, 2.05) is 6.92 Å². The molecule has 0 saturated carbocycles. The van der Waals surface area contributed by atoms with Gasteiger partial charge in [0.1, 0.15) is 24.2 Å². The van der Waals surface area contributed by atoms with E-state index in [0.717, 1.165) is 19.3 Å². The summed E-state index contributed by atoms with van der Waals surface area (Å²) in [7, 11) is -3.89. The predicted octanol–water partition coefficient (Wildman–Crippen LogP) is 1.67. The number of hydrogen-bond acceptors (Lipinski definition) is 8. The number of imidazole rings is 1. The van der Waals surface area contributed by atoms with Crippen LogP contribution in [0.4, 0.5) is 5.82 Å². The second-order valence-electron chi connectivity index (χ2n) is 6.86. The number of esters is 1. The van der Waals surface area contributed by atoms with Gasteiger partial charge in [0.25, 0.3) is 7.52 Å². The van der Waals surface area contributed by atoms with Crippen molar-refractivity contribution < 1.29 is 23.7 Å². The Morgan fingerprint density at radius 1 is 1.34 bits per heavy atom. The van der Waals surface area contributed by atoms with Gasteiger partial charge in [-0.15, -0.1) is 0 Å². The number of nitrogens with one attached hydrogen (secondary N) is 1.